The van der Waals surface area contributed by atoms with Gasteiger partial charge in [0.2, 0.25) is 5.91 Å². The SMILES string of the molecule is COc1ccc(N2CCN(C(=O)CCc3nc(C)c(C)s3)CC2)cc1. The standard InChI is InChI=1S/C19H25N3O2S/c1-14-15(2)25-18(20-14)8-9-19(23)22-12-10-21(11-13-22)16-4-6-17(24-3)7-5-16/h4-7H,8-13H2,1-3H3. The van der Waals surface area contributed by atoms with E-state index in [2.05, 4.69) is 28.9 Å². The third kappa shape index (κ3) is 4.31. The quantitative estimate of drug-likeness (QED) is 0.823. The van der Waals surface area contributed by atoms with Gasteiger partial charge in [-0.05, 0) is 38.1 Å². The molecule has 25 heavy (non-hydrogen) atoms. The van der Waals surface area contributed by atoms with Gasteiger partial charge < -0.3 is 14.5 Å². The highest BCUT2D eigenvalue weighted by atomic mass is 32.1. The summed E-state index contributed by atoms with van der Waals surface area (Å²) in [4.78, 5) is 22.5. The van der Waals surface area contributed by atoms with Crippen molar-refractivity contribution in [2.75, 3.05) is 38.2 Å². The lowest BCUT2D eigenvalue weighted by Gasteiger charge is -2.36. The normalized spacial score (nSPS) is 14.7. The predicted octanol–water partition coefficient (Wildman–Crippen LogP) is 3.05. The number of methoxy groups -OCH3 is 1. The number of aromatic nitrogens is 1. The van der Waals surface area contributed by atoms with E-state index in [0.29, 0.717) is 6.42 Å². The Bertz CT molecular complexity index is 699. The molecule has 2 heterocycles. The number of rotatable bonds is 5. The second-order valence-corrected chi connectivity index (χ2v) is 7.60. The number of carbonyl (C=O) groups is 1. The lowest BCUT2D eigenvalue weighted by atomic mass is 10.2. The molecule has 1 aliphatic heterocycles. The molecule has 5 nitrogen and oxygen atoms in total. The number of amides is 1. The molecule has 1 saturated heterocycles. The van der Waals surface area contributed by atoms with Gasteiger partial charge in [-0.3, -0.25) is 4.79 Å². The van der Waals surface area contributed by atoms with Crippen molar-refractivity contribution < 1.29 is 9.53 Å². The van der Waals surface area contributed by atoms with Gasteiger partial charge in [0.15, 0.2) is 0 Å². The fourth-order valence-electron chi connectivity index (χ4n) is 3.03. The van der Waals surface area contributed by atoms with Crippen LogP contribution in [0.1, 0.15) is 22.0 Å². The van der Waals surface area contributed by atoms with Crippen LogP contribution in [0.4, 0.5) is 5.69 Å². The molecule has 0 unspecified atom stereocenters. The first-order valence-corrected chi connectivity index (χ1v) is 9.48. The first-order chi connectivity index (χ1) is 12.1. The zero-order chi connectivity index (χ0) is 17.8. The summed E-state index contributed by atoms with van der Waals surface area (Å²) in [7, 11) is 1.67. The monoisotopic (exact) mass is 359 g/mol. The molecule has 1 aliphatic rings. The molecular formula is C19H25N3O2S. The summed E-state index contributed by atoms with van der Waals surface area (Å²) in [6.07, 6.45) is 1.30. The number of carbonyl (C=O) groups excluding carboxylic acids is 1. The zero-order valence-corrected chi connectivity index (χ0v) is 15.9. The third-order valence-electron chi connectivity index (χ3n) is 4.70. The maximum Gasteiger partial charge on any atom is 0.223 e. The van der Waals surface area contributed by atoms with Crippen LogP contribution in [-0.4, -0.2) is 49.1 Å². The van der Waals surface area contributed by atoms with Crippen molar-refractivity contribution in [2.24, 2.45) is 0 Å². The number of ether oxygens (including phenoxy) is 1. The van der Waals surface area contributed by atoms with E-state index in [1.165, 1.54) is 10.6 Å². The fraction of sp³-hybridized carbons (Fsp3) is 0.474. The molecule has 0 aliphatic carbocycles. The van der Waals surface area contributed by atoms with E-state index >= 15 is 0 Å². The minimum atomic E-state index is 0.236. The number of benzene rings is 1. The van der Waals surface area contributed by atoms with Crippen molar-refractivity contribution in [3.8, 4) is 5.75 Å². The molecular weight excluding hydrogens is 334 g/mol. The second-order valence-electron chi connectivity index (χ2n) is 6.32. The number of nitrogens with zero attached hydrogens (tertiary/aromatic N) is 3. The number of anilines is 1. The Morgan fingerprint density at radius 3 is 2.40 bits per heavy atom. The van der Waals surface area contributed by atoms with Crippen LogP contribution in [0.15, 0.2) is 24.3 Å². The second kappa shape index (κ2) is 7.87. The molecule has 0 atom stereocenters. The molecule has 6 heteroatoms. The van der Waals surface area contributed by atoms with Crippen molar-refractivity contribution in [2.45, 2.75) is 26.7 Å². The van der Waals surface area contributed by atoms with Gasteiger partial charge in [0.25, 0.3) is 0 Å². The Morgan fingerprint density at radius 1 is 1.16 bits per heavy atom. The molecule has 1 amide bonds. The van der Waals surface area contributed by atoms with E-state index in [4.69, 9.17) is 4.74 Å². The van der Waals surface area contributed by atoms with Crippen LogP contribution in [0.5, 0.6) is 5.75 Å². The lowest BCUT2D eigenvalue weighted by molar-refractivity contribution is -0.131. The van der Waals surface area contributed by atoms with Gasteiger partial charge in [0.1, 0.15) is 5.75 Å². The van der Waals surface area contributed by atoms with Crippen LogP contribution in [0, 0.1) is 13.8 Å². The fourth-order valence-corrected chi connectivity index (χ4v) is 3.96. The summed E-state index contributed by atoms with van der Waals surface area (Å²) in [5.74, 6) is 1.10. The Hall–Kier alpha value is -2.08. The van der Waals surface area contributed by atoms with Crippen LogP contribution in [-0.2, 0) is 11.2 Å². The Labute approximate surface area is 153 Å². The largest absolute Gasteiger partial charge is 0.497 e. The summed E-state index contributed by atoms with van der Waals surface area (Å²) < 4.78 is 5.20. The molecule has 1 fully saturated rings. The summed E-state index contributed by atoms with van der Waals surface area (Å²) in [5, 5.41) is 1.07. The predicted molar refractivity (Wildman–Crippen MR) is 102 cm³/mol. The zero-order valence-electron chi connectivity index (χ0n) is 15.1. The summed E-state index contributed by atoms with van der Waals surface area (Å²) >= 11 is 1.70. The van der Waals surface area contributed by atoms with Gasteiger partial charge in [-0.25, -0.2) is 4.98 Å². The molecule has 134 valence electrons. The molecule has 0 spiro atoms. The van der Waals surface area contributed by atoms with Gasteiger partial charge in [0, 0.05) is 49.6 Å². The van der Waals surface area contributed by atoms with Crippen molar-refractivity contribution in [3.63, 3.8) is 0 Å². The van der Waals surface area contributed by atoms with Gasteiger partial charge in [-0.1, -0.05) is 0 Å². The first-order valence-electron chi connectivity index (χ1n) is 8.66. The Morgan fingerprint density at radius 2 is 1.84 bits per heavy atom. The van der Waals surface area contributed by atoms with E-state index in [1.807, 2.05) is 24.0 Å². The maximum absolute atomic E-state index is 12.5. The Balaban J connectivity index is 1.48. The van der Waals surface area contributed by atoms with Crippen LogP contribution in [0.3, 0.4) is 0 Å². The summed E-state index contributed by atoms with van der Waals surface area (Å²) in [6, 6.07) is 8.10. The van der Waals surface area contributed by atoms with Crippen molar-refractivity contribution in [3.05, 3.63) is 39.8 Å². The molecule has 0 saturated carbocycles. The highest BCUT2D eigenvalue weighted by Gasteiger charge is 2.21. The van der Waals surface area contributed by atoms with Gasteiger partial charge >= 0.3 is 0 Å². The van der Waals surface area contributed by atoms with E-state index in [0.717, 1.165) is 49.1 Å². The van der Waals surface area contributed by atoms with E-state index < -0.39 is 0 Å². The average Bonchev–Trinajstić information content (AvgIpc) is 2.98. The van der Waals surface area contributed by atoms with Crippen molar-refractivity contribution >= 4 is 22.9 Å². The van der Waals surface area contributed by atoms with Crippen molar-refractivity contribution in [1.82, 2.24) is 9.88 Å². The van der Waals surface area contributed by atoms with Crippen LogP contribution >= 0.6 is 11.3 Å². The topological polar surface area (TPSA) is 45.7 Å². The lowest BCUT2D eigenvalue weighted by Crippen LogP contribution is -2.48. The Kier molecular flexibility index (Phi) is 5.58. The molecule has 0 N–H and O–H groups in total. The maximum atomic E-state index is 12.5. The summed E-state index contributed by atoms with van der Waals surface area (Å²) in [5.41, 5.74) is 2.27. The third-order valence-corrected chi connectivity index (χ3v) is 5.83. The number of aryl methyl sites for hydroxylation is 3. The van der Waals surface area contributed by atoms with Crippen LogP contribution < -0.4 is 9.64 Å². The van der Waals surface area contributed by atoms with Crippen LogP contribution in [0.2, 0.25) is 0 Å². The molecule has 3 rings (SSSR count). The summed E-state index contributed by atoms with van der Waals surface area (Å²) in [6.45, 7) is 7.40. The van der Waals surface area contributed by atoms with E-state index in [1.54, 1.807) is 18.4 Å². The first kappa shape index (κ1) is 17.7. The number of hydrogen-bond acceptors (Lipinski definition) is 5. The van der Waals surface area contributed by atoms with Gasteiger partial charge in [0.05, 0.1) is 17.8 Å². The van der Waals surface area contributed by atoms with Gasteiger partial charge in [-0.15, -0.1) is 11.3 Å². The minimum Gasteiger partial charge on any atom is -0.497 e. The molecule has 0 bridgehead atoms. The molecule has 0 radical (unpaired) electrons. The highest BCUT2D eigenvalue weighted by Crippen LogP contribution is 2.21. The molecule has 1 aromatic carbocycles. The van der Waals surface area contributed by atoms with Crippen LogP contribution in [0.25, 0.3) is 0 Å². The average molecular weight is 359 g/mol. The number of hydrogen-bond donors (Lipinski definition) is 0. The minimum absolute atomic E-state index is 0.236. The van der Waals surface area contributed by atoms with E-state index in [9.17, 15) is 4.79 Å². The number of thiazole rings is 1. The van der Waals surface area contributed by atoms with Gasteiger partial charge in [-0.2, -0.15) is 0 Å². The van der Waals surface area contributed by atoms with Crippen molar-refractivity contribution in [1.29, 1.82) is 0 Å². The highest BCUT2D eigenvalue weighted by molar-refractivity contribution is 7.11. The van der Waals surface area contributed by atoms with E-state index in [-0.39, 0.29) is 5.91 Å². The smallest absolute Gasteiger partial charge is 0.223 e. The molecule has 2 aromatic rings. The number of piperazine rings is 1. The molecule has 1 aromatic heterocycles.